The normalized spacial score (nSPS) is 11.3. The molecule has 2 heterocycles. The third kappa shape index (κ3) is 4.97. The minimum Gasteiger partial charge on any atom is -0.308 e. The molecule has 0 atom stereocenters. The summed E-state index contributed by atoms with van der Waals surface area (Å²) in [6.07, 6.45) is 0.922. The molecule has 0 aliphatic rings. The fourth-order valence-electron chi connectivity index (χ4n) is 3.19. The molecular weight excluding hydrogens is 406 g/mol. The molecule has 0 saturated carbocycles. The van der Waals surface area contributed by atoms with Gasteiger partial charge in [0.1, 0.15) is 5.69 Å². The molecule has 3 aromatic rings. The van der Waals surface area contributed by atoms with Gasteiger partial charge in [-0.25, -0.2) is 4.98 Å². The molecule has 158 valence electrons. The van der Waals surface area contributed by atoms with Gasteiger partial charge in [-0.05, 0) is 59.0 Å². The van der Waals surface area contributed by atoms with Crippen LogP contribution < -0.4 is 4.90 Å². The number of para-hydroxylation sites is 1. The van der Waals surface area contributed by atoms with E-state index >= 15 is 0 Å². The first-order chi connectivity index (χ1) is 13.3. The first kappa shape index (κ1) is 23.3. The molecule has 0 aliphatic heterocycles. The summed E-state index contributed by atoms with van der Waals surface area (Å²) in [7, 11) is 4.03. The van der Waals surface area contributed by atoms with Gasteiger partial charge in [-0.2, -0.15) is 5.10 Å². The van der Waals surface area contributed by atoms with Crippen molar-refractivity contribution in [1.82, 2.24) is 19.7 Å². The molecule has 6 nitrogen and oxygen atoms in total. The maximum atomic E-state index is 13.5. The highest BCUT2D eigenvalue weighted by Crippen LogP contribution is 2.32. The van der Waals surface area contributed by atoms with E-state index in [1.807, 2.05) is 45.6 Å². The fourth-order valence-corrected chi connectivity index (χ4v) is 4.23. The van der Waals surface area contributed by atoms with Gasteiger partial charge < -0.3 is 4.90 Å². The van der Waals surface area contributed by atoms with Crippen molar-refractivity contribution < 1.29 is 4.79 Å². The molecule has 0 unspecified atom stereocenters. The summed E-state index contributed by atoms with van der Waals surface area (Å²) in [5, 5.41) is 5.26. The van der Waals surface area contributed by atoms with Crippen molar-refractivity contribution in [3.8, 4) is 0 Å². The predicted octanol–water partition coefficient (Wildman–Crippen LogP) is 4.57. The number of likely N-dealkylation sites (N-methyl/N-ethyl adjacent to an activating group) is 1. The molecule has 8 heteroatoms. The zero-order valence-corrected chi connectivity index (χ0v) is 19.6. The van der Waals surface area contributed by atoms with Crippen LogP contribution in [-0.4, -0.2) is 52.8 Å². The summed E-state index contributed by atoms with van der Waals surface area (Å²) in [4.78, 5) is 22.3. The molecule has 1 amide bonds. The largest absolute Gasteiger partial charge is 0.308 e. The van der Waals surface area contributed by atoms with Crippen LogP contribution in [0.5, 0.6) is 0 Å². The van der Waals surface area contributed by atoms with Crippen molar-refractivity contribution in [3.63, 3.8) is 0 Å². The second-order valence-electron chi connectivity index (χ2n) is 7.58. The van der Waals surface area contributed by atoms with Crippen LogP contribution in [0.15, 0.2) is 24.3 Å². The number of halogens is 1. The molecule has 0 spiro atoms. The van der Waals surface area contributed by atoms with Gasteiger partial charge in [0.15, 0.2) is 5.13 Å². The average Bonchev–Trinajstić information content (AvgIpc) is 3.24. The van der Waals surface area contributed by atoms with Crippen LogP contribution in [0.2, 0.25) is 0 Å². The van der Waals surface area contributed by atoms with Crippen LogP contribution >= 0.6 is 23.7 Å². The number of amides is 1. The third-order valence-electron chi connectivity index (χ3n) is 4.69. The number of carbonyl (C=O) groups is 1. The Morgan fingerprint density at radius 2 is 1.97 bits per heavy atom. The van der Waals surface area contributed by atoms with E-state index < -0.39 is 0 Å². The number of benzene rings is 1. The molecule has 3 rings (SSSR count). The monoisotopic (exact) mass is 435 g/mol. The van der Waals surface area contributed by atoms with Crippen LogP contribution in [0.3, 0.4) is 0 Å². The first-order valence-electron chi connectivity index (χ1n) is 9.73. The fraction of sp³-hybridized carbons (Fsp3) is 0.476. The molecule has 0 radical (unpaired) electrons. The lowest BCUT2D eigenvalue weighted by atomic mass is 10.1. The highest BCUT2D eigenvalue weighted by atomic mass is 35.5. The SMILES string of the molecule is CCc1cccc2sc(N(CCN(C)C)C(=O)c3cc(C)nn3C(C)C)nc12.Cl. The Kier molecular flexibility index (Phi) is 7.80. The lowest BCUT2D eigenvalue weighted by Crippen LogP contribution is -2.38. The number of hydrogen-bond donors (Lipinski definition) is 0. The minimum atomic E-state index is -0.0479. The van der Waals surface area contributed by atoms with Gasteiger partial charge in [0, 0.05) is 19.1 Å². The summed E-state index contributed by atoms with van der Waals surface area (Å²) in [6, 6.07) is 8.23. The Balaban J connectivity index is 0.00000300. The predicted molar refractivity (Wildman–Crippen MR) is 124 cm³/mol. The number of hydrogen-bond acceptors (Lipinski definition) is 5. The number of carbonyl (C=O) groups excluding carboxylic acids is 1. The van der Waals surface area contributed by atoms with E-state index in [0.29, 0.717) is 12.2 Å². The number of anilines is 1. The van der Waals surface area contributed by atoms with Crippen molar-refractivity contribution in [3.05, 3.63) is 41.2 Å². The van der Waals surface area contributed by atoms with Gasteiger partial charge in [0.2, 0.25) is 0 Å². The van der Waals surface area contributed by atoms with E-state index in [2.05, 4.69) is 35.1 Å². The maximum Gasteiger partial charge on any atom is 0.278 e. The van der Waals surface area contributed by atoms with E-state index in [-0.39, 0.29) is 24.4 Å². The van der Waals surface area contributed by atoms with Gasteiger partial charge >= 0.3 is 0 Å². The van der Waals surface area contributed by atoms with Crippen LogP contribution in [0, 0.1) is 6.92 Å². The van der Waals surface area contributed by atoms with E-state index in [1.165, 1.54) is 5.56 Å². The summed E-state index contributed by atoms with van der Waals surface area (Å²) < 4.78 is 2.93. The quantitative estimate of drug-likeness (QED) is 0.545. The summed E-state index contributed by atoms with van der Waals surface area (Å²) in [6.45, 7) is 9.47. The standard InChI is InChI=1S/C21H29N5OS.ClH/c1-7-16-9-8-10-18-19(16)22-21(28-18)25(12-11-24(5)6)20(27)17-13-15(4)23-26(17)14(2)3;/h8-10,13-14H,7,11-12H2,1-6H3;1H. The van der Waals surface area contributed by atoms with Gasteiger partial charge in [0.05, 0.1) is 15.9 Å². The molecule has 29 heavy (non-hydrogen) atoms. The van der Waals surface area contributed by atoms with Gasteiger partial charge in [-0.3, -0.25) is 14.4 Å². The Morgan fingerprint density at radius 1 is 1.24 bits per heavy atom. The van der Waals surface area contributed by atoms with Crippen molar-refractivity contribution in [2.24, 2.45) is 0 Å². The van der Waals surface area contributed by atoms with Crippen LogP contribution in [-0.2, 0) is 6.42 Å². The van der Waals surface area contributed by atoms with E-state index in [1.54, 1.807) is 16.2 Å². The van der Waals surface area contributed by atoms with Crippen molar-refractivity contribution >= 4 is 45.0 Å². The Hall–Kier alpha value is -1.96. The van der Waals surface area contributed by atoms with Crippen LogP contribution in [0.25, 0.3) is 10.2 Å². The molecule has 0 bridgehead atoms. The Morgan fingerprint density at radius 3 is 2.59 bits per heavy atom. The van der Waals surface area contributed by atoms with Crippen LogP contribution in [0.1, 0.15) is 48.6 Å². The average molecular weight is 436 g/mol. The molecular formula is C21H30ClN5OS. The molecule has 1 aromatic carbocycles. The summed E-state index contributed by atoms with van der Waals surface area (Å²) in [5.74, 6) is -0.0479. The number of nitrogens with zero attached hydrogens (tertiary/aromatic N) is 5. The molecule has 0 fully saturated rings. The van der Waals surface area contributed by atoms with Gasteiger partial charge in [-0.1, -0.05) is 30.4 Å². The van der Waals surface area contributed by atoms with Gasteiger partial charge in [0.25, 0.3) is 5.91 Å². The number of rotatable bonds is 7. The second-order valence-corrected chi connectivity index (χ2v) is 8.59. The number of aryl methyl sites for hydroxylation is 2. The van der Waals surface area contributed by atoms with Crippen molar-refractivity contribution in [2.75, 3.05) is 32.1 Å². The van der Waals surface area contributed by atoms with E-state index in [9.17, 15) is 4.79 Å². The van der Waals surface area contributed by atoms with E-state index in [4.69, 9.17) is 4.98 Å². The number of fused-ring (bicyclic) bond motifs is 1. The smallest absolute Gasteiger partial charge is 0.278 e. The van der Waals surface area contributed by atoms with Crippen LogP contribution in [0.4, 0.5) is 5.13 Å². The van der Waals surface area contributed by atoms with Gasteiger partial charge in [-0.15, -0.1) is 12.4 Å². The Bertz CT molecular complexity index is 979. The number of thiazole rings is 1. The zero-order chi connectivity index (χ0) is 20.4. The lowest BCUT2D eigenvalue weighted by Gasteiger charge is -2.22. The highest BCUT2D eigenvalue weighted by molar-refractivity contribution is 7.22. The maximum absolute atomic E-state index is 13.5. The van der Waals surface area contributed by atoms with Crippen molar-refractivity contribution in [2.45, 2.75) is 40.2 Å². The summed E-state index contributed by atoms with van der Waals surface area (Å²) in [5.41, 5.74) is 3.67. The van der Waals surface area contributed by atoms with Crippen molar-refractivity contribution in [1.29, 1.82) is 0 Å². The summed E-state index contributed by atoms with van der Waals surface area (Å²) >= 11 is 1.58. The highest BCUT2D eigenvalue weighted by Gasteiger charge is 2.26. The zero-order valence-electron chi connectivity index (χ0n) is 18.0. The first-order valence-corrected chi connectivity index (χ1v) is 10.5. The Labute approximate surface area is 182 Å². The topological polar surface area (TPSA) is 54.3 Å². The molecule has 0 saturated heterocycles. The number of aromatic nitrogens is 3. The molecule has 0 N–H and O–H groups in total. The van der Waals surface area contributed by atoms with E-state index in [0.717, 1.165) is 34.0 Å². The third-order valence-corrected chi connectivity index (χ3v) is 5.73. The molecule has 0 aliphatic carbocycles. The molecule has 2 aromatic heterocycles. The second kappa shape index (κ2) is 9.69. The minimum absolute atomic E-state index is 0. The lowest BCUT2D eigenvalue weighted by molar-refractivity contribution is 0.0973.